The summed E-state index contributed by atoms with van der Waals surface area (Å²) in [7, 11) is 0. The third-order valence-corrected chi connectivity index (χ3v) is 4.18. The molecule has 0 spiro atoms. The van der Waals surface area contributed by atoms with Crippen molar-refractivity contribution in [3.8, 4) is 0 Å². The van der Waals surface area contributed by atoms with Gasteiger partial charge in [-0.25, -0.2) is 0 Å². The maximum absolute atomic E-state index is 6.35. The Labute approximate surface area is 81.7 Å². The Bertz CT molecular complexity index is 123. The molecule has 0 heterocycles. The van der Waals surface area contributed by atoms with Crippen LogP contribution in [-0.4, -0.2) is 5.38 Å². The van der Waals surface area contributed by atoms with E-state index in [-0.39, 0.29) is 0 Å². The zero-order valence-corrected chi connectivity index (χ0v) is 9.27. The van der Waals surface area contributed by atoms with Gasteiger partial charge >= 0.3 is 0 Å². The molecule has 2 atom stereocenters. The van der Waals surface area contributed by atoms with Crippen molar-refractivity contribution in [3.63, 3.8) is 0 Å². The van der Waals surface area contributed by atoms with E-state index in [9.17, 15) is 0 Å². The molecule has 0 aromatic rings. The minimum Gasteiger partial charge on any atom is -0.122 e. The van der Waals surface area contributed by atoms with Gasteiger partial charge < -0.3 is 0 Å². The average molecular weight is 189 g/mol. The molecule has 1 aliphatic rings. The number of alkyl halides is 1. The summed E-state index contributed by atoms with van der Waals surface area (Å²) >= 11 is 6.35. The molecule has 1 heteroatoms. The van der Waals surface area contributed by atoms with Crippen molar-refractivity contribution in [2.75, 3.05) is 0 Å². The number of halogens is 1. The predicted molar refractivity (Wildman–Crippen MR) is 55.6 cm³/mol. The van der Waals surface area contributed by atoms with Crippen LogP contribution in [0.5, 0.6) is 0 Å². The van der Waals surface area contributed by atoms with Crippen molar-refractivity contribution in [3.05, 3.63) is 0 Å². The number of rotatable bonds is 3. The Kier molecular flexibility index (Phi) is 3.89. The lowest BCUT2D eigenvalue weighted by molar-refractivity contribution is 0.316. The Morgan fingerprint density at radius 1 is 1.08 bits per heavy atom. The molecular formula is C11H21Cl. The summed E-state index contributed by atoms with van der Waals surface area (Å²) in [5.74, 6) is 2.26. The van der Waals surface area contributed by atoms with Gasteiger partial charge in [-0.2, -0.15) is 0 Å². The topological polar surface area (TPSA) is 0 Å². The Balaban J connectivity index is 2.39. The van der Waals surface area contributed by atoms with Crippen LogP contribution in [0.15, 0.2) is 0 Å². The number of hydrogen-bond acceptors (Lipinski definition) is 0. The van der Waals surface area contributed by atoms with Gasteiger partial charge in [-0.1, -0.05) is 46.5 Å². The van der Waals surface area contributed by atoms with Crippen LogP contribution in [-0.2, 0) is 0 Å². The summed E-state index contributed by atoms with van der Waals surface area (Å²) in [5.41, 5.74) is 0. The lowest BCUT2D eigenvalue weighted by Gasteiger charge is -2.26. The molecule has 0 aromatic heterocycles. The Morgan fingerprint density at radius 3 is 2.00 bits per heavy atom. The molecule has 1 saturated carbocycles. The first kappa shape index (κ1) is 10.4. The molecule has 0 aliphatic heterocycles. The first-order valence-corrected chi connectivity index (χ1v) is 5.70. The van der Waals surface area contributed by atoms with E-state index in [1.807, 2.05) is 0 Å². The molecule has 0 radical (unpaired) electrons. The highest BCUT2D eigenvalue weighted by atomic mass is 35.5. The van der Waals surface area contributed by atoms with E-state index in [1.165, 1.54) is 25.7 Å². The summed E-state index contributed by atoms with van der Waals surface area (Å²) in [6.45, 7) is 6.78. The van der Waals surface area contributed by atoms with Crippen molar-refractivity contribution >= 4 is 11.6 Å². The van der Waals surface area contributed by atoms with Gasteiger partial charge in [0.1, 0.15) is 0 Å². The van der Waals surface area contributed by atoms with E-state index in [4.69, 9.17) is 11.6 Å². The molecule has 0 bridgehead atoms. The Hall–Kier alpha value is 0.290. The van der Waals surface area contributed by atoms with Crippen LogP contribution in [0.2, 0.25) is 0 Å². The van der Waals surface area contributed by atoms with Crippen molar-refractivity contribution in [1.82, 2.24) is 0 Å². The molecule has 0 nitrogen and oxygen atoms in total. The molecule has 1 aliphatic carbocycles. The molecule has 12 heavy (non-hydrogen) atoms. The first-order valence-electron chi connectivity index (χ1n) is 5.27. The second kappa shape index (κ2) is 4.50. The van der Waals surface area contributed by atoms with E-state index in [2.05, 4.69) is 20.8 Å². The quantitative estimate of drug-likeness (QED) is 0.586. The minimum atomic E-state index is 0.382. The van der Waals surface area contributed by atoms with Gasteiger partial charge in [-0.05, 0) is 17.8 Å². The van der Waals surface area contributed by atoms with Gasteiger partial charge in [0.2, 0.25) is 0 Å². The van der Waals surface area contributed by atoms with Gasteiger partial charge in [0, 0.05) is 5.38 Å². The molecule has 0 saturated heterocycles. The predicted octanol–water partition coefficient (Wildman–Crippen LogP) is 4.08. The lowest BCUT2D eigenvalue weighted by atomic mass is 9.85. The summed E-state index contributed by atoms with van der Waals surface area (Å²) in [4.78, 5) is 0. The molecule has 0 N–H and O–H groups in total. The highest BCUT2D eigenvalue weighted by Crippen LogP contribution is 2.36. The molecule has 0 aromatic carbocycles. The molecule has 1 rings (SSSR count). The van der Waals surface area contributed by atoms with E-state index in [0.29, 0.717) is 17.2 Å². The second-order valence-corrected chi connectivity index (χ2v) is 5.10. The van der Waals surface area contributed by atoms with E-state index >= 15 is 0 Å². The largest absolute Gasteiger partial charge is 0.122 e. The molecule has 2 unspecified atom stereocenters. The van der Waals surface area contributed by atoms with Crippen molar-refractivity contribution in [1.29, 1.82) is 0 Å². The van der Waals surface area contributed by atoms with Gasteiger partial charge in [-0.3, -0.25) is 0 Å². The molecular weight excluding hydrogens is 168 g/mol. The minimum absolute atomic E-state index is 0.382. The zero-order valence-electron chi connectivity index (χ0n) is 8.52. The van der Waals surface area contributed by atoms with Gasteiger partial charge in [0.25, 0.3) is 0 Å². The monoisotopic (exact) mass is 188 g/mol. The second-order valence-electron chi connectivity index (χ2n) is 4.59. The van der Waals surface area contributed by atoms with Crippen molar-refractivity contribution < 1.29 is 0 Å². The third-order valence-electron chi connectivity index (χ3n) is 3.28. The van der Waals surface area contributed by atoms with E-state index in [1.54, 1.807) is 0 Å². The smallest absolute Gasteiger partial charge is 0.0387 e. The molecule has 0 amide bonds. The van der Waals surface area contributed by atoms with Crippen LogP contribution in [0.3, 0.4) is 0 Å². The summed E-state index contributed by atoms with van der Waals surface area (Å²) in [5, 5.41) is 0.382. The summed E-state index contributed by atoms with van der Waals surface area (Å²) in [6.07, 6.45) is 5.68. The maximum Gasteiger partial charge on any atom is 0.0387 e. The third kappa shape index (κ3) is 2.39. The van der Waals surface area contributed by atoms with Crippen LogP contribution in [0.25, 0.3) is 0 Å². The molecule has 1 fully saturated rings. The highest BCUT2D eigenvalue weighted by molar-refractivity contribution is 6.20. The molecule has 72 valence electrons. The Morgan fingerprint density at radius 2 is 1.58 bits per heavy atom. The lowest BCUT2D eigenvalue weighted by Crippen LogP contribution is -2.23. The maximum atomic E-state index is 6.35. The fraction of sp³-hybridized carbons (Fsp3) is 1.00. The van der Waals surface area contributed by atoms with Crippen molar-refractivity contribution in [2.45, 2.75) is 51.8 Å². The van der Waals surface area contributed by atoms with Crippen LogP contribution in [0.1, 0.15) is 46.5 Å². The summed E-state index contributed by atoms with van der Waals surface area (Å²) in [6, 6.07) is 0. The first-order chi connectivity index (χ1) is 5.63. The fourth-order valence-electron chi connectivity index (χ4n) is 2.35. The SMILES string of the molecule is CC(C)C(Cl)C(C)C1CCCC1. The van der Waals surface area contributed by atoms with Crippen LogP contribution >= 0.6 is 11.6 Å². The average Bonchev–Trinajstić information content (AvgIpc) is 2.53. The standard InChI is InChI=1S/C11H21Cl/c1-8(2)11(12)9(3)10-6-4-5-7-10/h8-11H,4-7H2,1-3H3. The van der Waals surface area contributed by atoms with Crippen molar-refractivity contribution in [2.24, 2.45) is 17.8 Å². The van der Waals surface area contributed by atoms with Gasteiger partial charge in [-0.15, -0.1) is 11.6 Å². The fourth-order valence-corrected chi connectivity index (χ4v) is 2.56. The van der Waals surface area contributed by atoms with Crippen LogP contribution < -0.4 is 0 Å². The number of hydrogen-bond donors (Lipinski definition) is 0. The highest BCUT2D eigenvalue weighted by Gasteiger charge is 2.28. The van der Waals surface area contributed by atoms with Gasteiger partial charge in [0.05, 0.1) is 0 Å². The zero-order chi connectivity index (χ0) is 9.14. The van der Waals surface area contributed by atoms with E-state index < -0.39 is 0 Å². The van der Waals surface area contributed by atoms with E-state index in [0.717, 1.165) is 5.92 Å². The van der Waals surface area contributed by atoms with Crippen LogP contribution in [0.4, 0.5) is 0 Å². The summed E-state index contributed by atoms with van der Waals surface area (Å²) < 4.78 is 0. The normalized spacial score (nSPS) is 24.8. The van der Waals surface area contributed by atoms with Gasteiger partial charge in [0.15, 0.2) is 0 Å². The van der Waals surface area contributed by atoms with Crippen LogP contribution in [0, 0.1) is 17.8 Å².